The molecule has 0 aliphatic carbocycles. The Labute approximate surface area is 149 Å². The number of hydrogen-bond donors (Lipinski definition) is 6. The Morgan fingerprint density at radius 2 is 1.88 bits per heavy atom. The molecule has 2 heterocycles. The molecule has 2 unspecified atom stereocenters. The molecule has 0 saturated carbocycles. The van der Waals surface area contributed by atoms with Crippen molar-refractivity contribution in [3.63, 3.8) is 0 Å². The summed E-state index contributed by atoms with van der Waals surface area (Å²) in [5.74, 6) is -1.79. The first-order chi connectivity index (χ1) is 13.0. The van der Waals surface area contributed by atoms with Gasteiger partial charge in [0.15, 0.2) is 6.29 Å². The average Bonchev–Trinajstić information content (AvgIpc) is 2.60. The lowest BCUT2D eigenvalue weighted by Gasteiger charge is -2.43. The minimum Gasteiger partial charge on any atom is -0.472 e. The SMILES string of the molecule is [2H]C(O)C[C@@H]1C(C([2H])([2H])O)=CO[C@@H](OC2O[C@H](CO)[C@@H](O)[C@H](O)[C@H]2O)[C@@H]1C=C. The normalized spacial score (nSPS) is 45.4. The van der Waals surface area contributed by atoms with E-state index in [-0.39, 0.29) is 12.0 Å². The zero-order chi connectivity index (χ0) is 21.2. The molecule has 1 saturated heterocycles. The molecule has 0 spiro atoms. The first-order valence-corrected chi connectivity index (χ1v) is 7.78. The fourth-order valence-electron chi connectivity index (χ4n) is 2.93. The highest BCUT2D eigenvalue weighted by molar-refractivity contribution is 5.12. The average molecular weight is 365 g/mol. The fraction of sp³-hybridized carbons (Fsp3) is 0.750. The van der Waals surface area contributed by atoms with Crippen LogP contribution in [-0.4, -0.2) is 87.4 Å². The first-order valence-electron chi connectivity index (χ1n) is 9.36. The van der Waals surface area contributed by atoms with Crippen molar-refractivity contribution in [3.8, 4) is 0 Å². The van der Waals surface area contributed by atoms with Crippen molar-refractivity contribution in [2.24, 2.45) is 11.8 Å². The van der Waals surface area contributed by atoms with Crippen molar-refractivity contribution in [3.05, 3.63) is 24.5 Å². The molecule has 2 aliphatic heterocycles. The summed E-state index contributed by atoms with van der Waals surface area (Å²) in [4.78, 5) is 0. The van der Waals surface area contributed by atoms with Crippen molar-refractivity contribution in [2.45, 2.75) is 43.4 Å². The van der Waals surface area contributed by atoms with E-state index in [1.165, 1.54) is 6.08 Å². The summed E-state index contributed by atoms with van der Waals surface area (Å²) in [6, 6.07) is 0. The molecule has 0 aromatic carbocycles. The third-order valence-corrected chi connectivity index (χ3v) is 4.38. The highest BCUT2D eigenvalue weighted by Gasteiger charge is 2.46. The van der Waals surface area contributed by atoms with E-state index in [9.17, 15) is 30.6 Å². The van der Waals surface area contributed by atoms with E-state index < -0.39 is 68.6 Å². The second kappa shape index (κ2) is 9.06. The van der Waals surface area contributed by atoms with Crippen LogP contribution in [0.1, 0.15) is 10.5 Å². The summed E-state index contributed by atoms with van der Waals surface area (Å²) in [7, 11) is 0. The highest BCUT2D eigenvalue weighted by Crippen LogP contribution is 2.36. The first kappa shape index (κ1) is 16.2. The van der Waals surface area contributed by atoms with Crippen molar-refractivity contribution in [1.82, 2.24) is 0 Å². The van der Waals surface area contributed by atoms with Gasteiger partial charge in [0.25, 0.3) is 0 Å². The minimum absolute atomic E-state index is 0.225. The van der Waals surface area contributed by atoms with Gasteiger partial charge in [0.2, 0.25) is 6.29 Å². The van der Waals surface area contributed by atoms with Crippen LogP contribution in [0.5, 0.6) is 0 Å². The molecule has 9 heteroatoms. The van der Waals surface area contributed by atoms with Gasteiger partial charge in [-0.1, -0.05) is 6.08 Å². The summed E-state index contributed by atoms with van der Waals surface area (Å²) in [5, 5.41) is 58.2. The van der Waals surface area contributed by atoms with Crippen LogP contribution in [0.4, 0.5) is 0 Å². The third-order valence-electron chi connectivity index (χ3n) is 4.38. The Morgan fingerprint density at radius 1 is 1.16 bits per heavy atom. The molecular formula is C16H26O9. The van der Waals surface area contributed by atoms with Gasteiger partial charge in [-0.05, 0) is 17.9 Å². The van der Waals surface area contributed by atoms with Crippen molar-refractivity contribution < 1.29 is 49.0 Å². The molecule has 2 aliphatic rings. The van der Waals surface area contributed by atoms with Gasteiger partial charge in [-0.25, -0.2) is 0 Å². The monoisotopic (exact) mass is 365 g/mol. The van der Waals surface area contributed by atoms with Crippen LogP contribution in [0.15, 0.2) is 24.5 Å². The molecule has 0 aromatic heterocycles. The van der Waals surface area contributed by atoms with Gasteiger partial charge in [-0.2, -0.15) is 0 Å². The Morgan fingerprint density at radius 3 is 2.44 bits per heavy atom. The second-order valence-corrected chi connectivity index (χ2v) is 5.86. The maximum absolute atomic E-state index is 10.1. The lowest BCUT2D eigenvalue weighted by Crippen LogP contribution is -2.60. The van der Waals surface area contributed by atoms with Crippen LogP contribution in [0.25, 0.3) is 0 Å². The maximum Gasteiger partial charge on any atom is 0.208 e. The van der Waals surface area contributed by atoms with Gasteiger partial charge < -0.3 is 44.8 Å². The summed E-state index contributed by atoms with van der Waals surface area (Å²) in [6.45, 7) is -1.40. The Kier molecular flexibility index (Phi) is 5.85. The van der Waals surface area contributed by atoms with Gasteiger partial charge in [0.05, 0.1) is 23.5 Å². The van der Waals surface area contributed by atoms with Crippen LogP contribution in [-0.2, 0) is 14.2 Å². The number of aliphatic hydroxyl groups excluding tert-OH is 5. The lowest BCUT2D eigenvalue weighted by atomic mass is 9.82. The van der Waals surface area contributed by atoms with E-state index in [4.69, 9.17) is 18.3 Å². The van der Waals surface area contributed by atoms with E-state index in [2.05, 4.69) is 6.58 Å². The maximum atomic E-state index is 10.1. The summed E-state index contributed by atoms with van der Waals surface area (Å²) in [6.07, 6.45) is -6.90. The molecule has 0 aromatic rings. The fourth-order valence-corrected chi connectivity index (χ4v) is 2.93. The van der Waals surface area contributed by atoms with Crippen molar-refractivity contribution in [2.75, 3.05) is 19.7 Å². The molecule has 0 radical (unpaired) electrons. The smallest absolute Gasteiger partial charge is 0.208 e. The summed E-state index contributed by atoms with van der Waals surface area (Å²) < 4.78 is 38.5. The standard InChI is InChI=1S/C16H26O9/c1-2-9-10(3-4-17)8(5-18)7-23-15(9)25-16-14(22)13(21)12(20)11(6-19)24-16/h2,7,9-22H,1,3-6H2/t9-,10-,11-,12-,13+,14-,15+,16?/m1/s1/i4D,5D2/t4?,9-,10-,11-,12-,13+,14-,15+,16?. The van der Waals surface area contributed by atoms with Crippen LogP contribution in [0, 0.1) is 11.8 Å². The Balaban J connectivity index is 2.25. The van der Waals surface area contributed by atoms with E-state index in [1.54, 1.807) is 0 Å². The Bertz CT molecular complexity index is 566. The molecule has 144 valence electrons. The molecule has 25 heavy (non-hydrogen) atoms. The van der Waals surface area contributed by atoms with Gasteiger partial charge >= 0.3 is 0 Å². The molecule has 1 fully saturated rings. The lowest BCUT2D eigenvalue weighted by molar-refractivity contribution is -0.339. The molecule has 2 rings (SSSR count). The van der Waals surface area contributed by atoms with E-state index >= 15 is 0 Å². The molecule has 6 N–H and O–H groups in total. The van der Waals surface area contributed by atoms with Crippen molar-refractivity contribution >= 4 is 0 Å². The number of hydrogen-bond acceptors (Lipinski definition) is 9. The molecule has 0 bridgehead atoms. The van der Waals surface area contributed by atoms with Gasteiger partial charge in [0.1, 0.15) is 24.4 Å². The Hall–Kier alpha value is -1.04. The van der Waals surface area contributed by atoms with E-state index in [0.717, 1.165) is 6.26 Å². The minimum atomic E-state index is -2.78. The van der Waals surface area contributed by atoms with E-state index in [0.29, 0.717) is 0 Å². The van der Waals surface area contributed by atoms with Gasteiger partial charge in [-0.3, -0.25) is 0 Å². The van der Waals surface area contributed by atoms with Crippen LogP contribution < -0.4 is 0 Å². The third kappa shape index (κ3) is 4.21. The van der Waals surface area contributed by atoms with Crippen molar-refractivity contribution in [1.29, 1.82) is 0 Å². The zero-order valence-electron chi connectivity index (χ0n) is 16.4. The number of aliphatic hydroxyl groups is 6. The zero-order valence-corrected chi connectivity index (χ0v) is 13.4. The predicted molar refractivity (Wildman–Crippen MR) is 83.8 cm³/mol. The second-order valence-electron chi connectivity index (χ2n) is 5.86. The van der Waals surface area contributed by atoms with Crippen LogP contribution in [0.2, 0.25) is 0 Å². The molecule has 9 nitrogen and oxygen atoms in total. The topological polar surface area (TPSA) is 149 Å². The molecule has 0 amide bonds. The highest BCUT2D eigenvalue weighted by atomic mass is 16.8. The largest absolute Gasteiger partial charge is 0.472 e. The summed E-state index contributed by atoms with van der Waals surface area (Å²) >= 11 is 0. The number of ether oxygens (including phenoxy) is 3. The predicted octanol–water partition coefficient (Wildman–Crippen LogP) is -2.16. The molecule has 9 atom stereocenters. The summed E-state index contributed by atoms with van der Waals surface area (Å²) in [5.41, 5.74) is -0.225. The van der Waals surface area contributed by atoms with Crippen LogP contribution in [0.3, 0.4) is 0 Å². The quantitative estimate of drug-likeness (QED) is 0.277. The van der Waals surface area contributed by atoms with Gasteiger partial charge in [0, 0.05) is 12.5 Å². The van der Waals surface area contributed by atoms with Gasteiger partial charge in [-0.15, -0.1) is 6.58 Å². The molecular weight excluding hydrogens is 336 g/mol. The van der Waals surface area contributed by atoms with E-state index in [1.807, 2.05) is 0 Å². The van der Waals surface area contributed by atoms with Crippen LogP contribution >= 0.6 is 0 Å². The number of rotatable bonds is 7.